The van der Waals surface area contributed by atoms with Crippen molar-refractivity contribution in [1.29, 1.82) is 5.26 Å². The first-order valence-electron chi connectivity index (χ1n) is 6.44. The van der Waals surface area contributed by atoms with Gasteiger partial charge in [0.25, 0.3) is 0 Å². The number of rotatable bonds is 6. The van der Waals surface area contributed by atoms with Crippen LogP contribution in [0.5, 0.6) is 0 Å². The standard InChI is InChI=1S/C15H20N2O2/c1-4-9-15(3,14(18)19)17-11(2)13-7-5-12(10-16)6-8-13/h5-8,11,17H,4,9H2,1-3H3,(H,18,19). The highest BCUT2D eigenvalue weighted by Gasteiger charge is 2.33. The van der Waals surface area contributed by atoms with Crippen LogP contribution in [0, 0.1) is 11.3 Å². The number of carboxylic acid groups (broad SMARTS) is 1. The molecule has 4 heteroatoms. The zero-order valence-corrected chi connectivity index (χ0v) is 11.6. The number of hydrogen-bond donors (Lipinski definition) is 2. The molecule has 0 aliphatic heterocycles. The van der Waals surface area contributed by atoms with Gasteiger partial charge in [0.2, 0.25) is 0 Å². The summed E-state index contributed by atoms with van der Waals surface area (Å²) in [6.07, 6.45) is 1.37. The van der Waals surface area contributed by atoms with Gasteiger partial charge in [-0.15, -0.1) is 0 Å². The third-order valence-electron chi connectivity index (χ3n) is 3.30. The second kappa shape index (κ2) is 6.35. The summed E-state index contributed by atoms with van der Waals surface area (Å²) in [5.41, 5.74) is 0.648. The number of nitriles is 1. The first kappa shape index (κ1) is 15.2. The third kappa shape index (κ3) is 3.80. The molecule has 0 aliphatic carbocycles. The first-order chi connectivity index (χ1) is 8.92. The number of benzene rings is 1. The van der Waals surface area contributed by atoms with Gasteiger partial charge >= 0.3 is 5.97 Å². The zero-order chi connectivity index (χ0) is 14.5. The summed E-state index contributed by atoms with van der Waals surface area (Å²) in [7, 11) is 0. The molecule has 2 atom stereocenters. The molecule has 2 N–H and O–H groups in total. The maximum atomic E-state index is 11.4. The number of aliphatic carboxylic acids is 1. The van der Waals surface area contributed by atoms with Crippen LogP contribution >= 0.6 is 0 Å². The van der Waals surface area contributed by atoms with Crippen LogP contribution in [-0.4, -0.2) is 16.6 Å². The lowest BCUT2D eigenvalue weighted by molar-refractivity contribution is -0.144. The van der Waals surface area contributed by atoms with Crippen LogP contribution in [0.4, 0.5) is 0 Å². The lowest BCUT2D eigenvalue weighted by Gasteiger charge is -2.30. The molecule has 19 heavy (non-hydrogen) atoms. The maximum Gasteiger partial charge on any atom is 0.323 e. The molecule has 1 rings (SSSR count). The maximum absolute atomic E-state index is 11.4. The van der Waals surface area contributed by atoms with E-state index in [1.807, 2.05) is 26.0 Å². The zero-order valence-electron chi connectivity index (χ0n) is 11.6. The average molecular weight is 260 g/mol. The van der Waals surface area contributed by atoms with Gasteiger partial charge in [-0.25, -0.2) is 0 Å². The molecular formula is C15H20N2O2. The molecular weight excluding hydrogens is 240 g/mol. The molecule has 102 valence electrons. The van der Waals surface area contributed by atoms with Crippen LogP contribution in [0.3, 0.4) is 0 Å². The Bertz CT molecular complexity index is 476. The van der Waals surface area contributed by atoms with Crippen LogP contribution in [0.15, 0.2) is 24.3 Å². The lowest BCUT2D eigenvalue weighted by atomic mass is 9.93. The second-order valence-corrected chi connectivity index (χ2v) is 4.99. The van der Waals surface area contributed by atoms with E-state index in [9.17, 15) is 9.90 Å². The minimum atomic E-state index is -0.929. The fraction of sp³-hybridized carbons (Fsp3) is 0.467. The molecule has 0 radical (unpaired) electrons. The summed E-state index contributed by atoms with van der Waals surface area (Å²) in [4.78, 5) is 11.4. The van der Waals surface area contributed by atoms with Crippen LogP contribution in [0.2, 0.25) is 0 Å². The Labute approximate surface area is 114 Å². The van der Waals surface area contributed by atoms with Crippen molar-refractivity contribution < 1.29 is 9.90 Å². The summed E-state index contributed by atoms with van der Waals surface area (Å²) in [6.45, 7) is 5.60. The van der Waals surface area contributed by atoms with Gasteiger partial charge in [0.05, 0.1) is 11.6 Å². The molecule has 4 nitrogen and oxygen atoms in total. The Hall–Kier alpha value is -1.86. The molecule has 0 saturated carbocycles. The monoisotopic (exact) mass is 260 g/mol. The van der Waals surface area contributed by atoms with Crippen molar-refractivity contribution in [3.63, 3.8) is 0 Å². The van der Waals surface area contributed by atoms with Crippen LogP contribution in [0.1, 0.15) is 50.8 Å². The van der Waals surface area contributed by atoms with Crippen molar-refractivity contribution in [1.82, 2.24) is 5.32 Å². The molecule has 2 unspecified atom stereocenters. The normalized spacial score (nSPS) is 15.3. The minimum Gasteiger partial charge on any atom is -0.480 e. The number of hydrogen-bond acceptors (Lipinski definition) is 3. The van der Waals surface area contributed by atoms with Crippen molar-refractivity contribution in [2.45, 2.75) is 45.2 Å². The topological polar surface area (TPSA) is 73.1 Å². The van der Waals surface area contributed by atoms with Crippen molar-refractivity contribution >= 4 is 5.97 Å². The number of carbonyl (C=O) groups is 1. The quantitative estimate of drug-likeness (QED) is 0.825. The highest BCUT2D eigenvalue weighted by atomic mass is 16.4. The van der Waals surface area contributed by atoms with Gasteiger partial charge in [-0.3, -0.25) is 10.1 Å². The fourth-order valence-corrected chi connectivity index (χ4v) is 2.15. The summed E-state index contributed by atoms with van der Waals surface area (Å²) >= 11 is 0. The Morgan fingerprint density at radius 3 is 2.47 bits per heavy atom. The number of carboxylic acids is 1. The number of nitrogens with zero attached hydrogens (tertiary/aromatic N) is 1. The number of nitrogens with one attached hydrogen (secondary N) is 1. The van der Waals surface area contributed by atoms with E-state index in [1.165, 1.54) is 0 Å². The van der Waals surface area contributed by atoms with Crippen LogP contribution < -0.4 is 5.32 Å². The van der Waals surface area contributed by atoms with Crippen molar-refractivity contribution in [3.05, 3.63) is 35.4 Å². The van der Waals surface area contributed by atoms with Crippen LogP contribution in [-0.2, 0) is 4.79 Å². The van der Waals surface area contributed by atoms with Gasteiger partial charge in [-0.05, 0) is 38.0 Å². The predicted molar refractivity (Wildman–Crippen MR) is 73.7 cm³/mol. The summed E-state index contributed by atoms with van der Waals surface area (Å²) < 4.78 is 0. The van der Waals surface area contributed by atoms with E-state index in [1.54, 1.807) is 19.1 Å². The summed E-state index contributed by atoms with van der Waals surface area (Å²) in [5, 5.41) is 21.3. The Morgan fingerprint density at radius 2 is 2.05 bits per heavy atom. The molecule has 1 aromatic rings. The van der Waals surface area contributed by atoms with E-state index in [-0.39, 0.29) is 6.04 Å². The van der Waals surface area contributed by atoms with E-state index < -0.39 is 11.5 Å². The van der Waals surface area contributed by atoms with E-state index >= 15 is 0 Å². The van der Waals surface area contributed by atoms with Gasteiger partial charge in [-0.1, -0.05) is 25.5 Å². The summed E-state index contributed by atoms with van der Waals surface area (Å²) in [5.74, 6) is -0.838. The molecule has 0 aliphatic rings. The van der Waals surface area contributed by atoms with E-state index in [2.05, 4.69) is 11.4 Å². The van der Waals surface area contributed by atoms with Crippen molar-refractivity contribution in [2.75, 3.05) is 0 Å². The van der Waals surface area contributed by atoms with Gasteiger partial charge in [0.15, 0.2) is 0 Å². The van der Waals surface area contributed by atoms with E-state index in [4.69, 9.17) is 5.26 Å². The fourth-order valence-electron chi connectivity index (χ4n) is 2.15. The first-order valence-corrected chi connectivity index (χ1v) is 6.44. The minimum absolute atomic E-state index is 0.0830. The van der Waals surface area contributed by atoms with E-state index in [0.717, 1.165) is 12.0 Å². The molecule has 0 bridgehead atoms. The van der Waals surface area contributed by atoms with Gasteiger partial charge in [0, 0.05) is 6.04 Å². The smallest absolute Gasteiger partial charge is 0.323 e. The lowest BCUT2D eigenvalue weighted by Crippen LogP contribution is -2.50. The third-order valence-corrected chi connectivity index (χ3v) is 3.30. The highest BCUT2D eigenvalue weighted by molar-refractivity contribution is 5.78. The molecule has 0 saturated heterocycles. The Kier molecular flexibility index (Phi) is 5.08. The van der Waals surface area contributed by atoms with Gasteiger partial charge < -0.3 is 5.11 Å². The summed E-state index contributed by atoms with van der Waals surface area (Å²) in [6, 6.07) is 9.17. The average Bonchev–Trinajstić information content (AvgIpc) is 2.38. The Balaban J connectivity index is 2.84. The van der Waals surface area contributed by atoms with Gasteiger partial charge in [-0.2, -0.15) is 5.26 Å². The van der Waals surface area contributed by atoms with E-state index in [0.29, 0.717) is 12.0 Å². The van der Waals surface area contributed by atoms with Crippen LogP contribution in [0.25, 0.3) is 0 Å². The molecule has 0 amide bonds. The van der Waals surface area contributed by atoms with Gasteiger partial charge in [0.1, 0.15) is 5.54 Å². The SMILES string of the molecule is CCCC(C)(NC(C)c1ccc(C#N)cc1)C(=O)O. The predicted octanol–water partition coefficient (Wildman–Crippen LogP) is 2.85. The second-order valence-electron chi connectivity index (χ2n) is 4.99. The van der Waals surface area contributed by atoms with Crippen molar-refractivity contribution in [3.8, 4) is 6.07 Å². The molecule has 0 spiro atoms. The van der Waals surface area contributed by atoms with Crippen molar-refractivity contribution in [2.24, 2.45) is 0 Å². The highest BCUT2D eigenvalue weighted by Crippen LogP contribution is 2.20. The molecule has 0 aromatic heterocycles. The Morgan fingerprint density at radius 1 is 1.47 bits per heavy atom. The molecule has 1 aromatic carbocycles. The molecule has 0 fully saturated rings. The molecule has 0 heterocycles. The largest absolute Gasteiger partial charge is 0.480 e.